The Balaban J connectivity index is 1.80. The fourth-order valence-electron chi connectivity index (χ4n) is 3.66. The quantitative estimate of drug-likeness (QED) is 0.439. The van der Waals surface area contributed by atoms with Gasteiger partial charge in [0.1, 0.15) is 17.5 Å². The van der Waals surface area contributed by atoms with Crippen LogP contribution >= 0.6 is 0 Å². The van der Waals surface area contributed by atoms with Crippen LogP contribution in [0.4, 0.5) is 19.1 Å². The molecule has 8 nitrogen and oxygen atoms in total. The SMILES string of the molecule is Cn1cc(-c2c(-c3ccc(F)cc3F)nc(N)n3nc(Cc4ncccc4F)nc23)ccc1=O. The molecule has 0 radical (unpaired) electrons. The summed E-state index contributed by atoms with van der Waals surface area (Å²) < 4.78 is 45.1. The molecule has 0 saturated heterocycles. The van der Waals surface area contributed by atoms with Crippen molar-refractivity contribution < 1.29 is 13.2 Å². The van der Waals surface area contributed by atoms with Crippen molar-refractivity contribution in [2.45, 2.75) is 6.42 Å². The third-order valence-corrected chi connectivity index (χ3v) is 5.28. The third-order valence-electron chi connectivity index (χ3n) is 5.28. The minimum Gasteiger partial charge on any atom is -0.368 e. The van der Waals surface area contributed by atoms with Crippen LogP contribution in [0.5, 0.6) is 0 Å². The number of nitrogens with two attached hydrogens (primary N) is 1. The van der Waals surface area contributed by atoms with E-state index in [9.17, 15) is 18.0 Å². The number of halogens is 3. The van der Waals surface area contributed by atoms with E-state index in [1.54, 1.807) is 7.05 Å². The molecule has 0 bridgehead atoms. The lowest BCUT2D eigenvalue weighted by molar-refractivity contribution is 0.585. The zero-order chi connectivity index (χ0) is 24.0. The molecule has 4 aromatic heterocycles. The number of hydrogen-bond donors (Lipinski definition) is 1. The standard InChI is InChI=1S/C23H16F3N7O/c1-32-11-12(4-7-19(32)34)20-21(14-6-5-13(24)9-16(14)26)30-23(27)33-22(20)29-18(31-33)10-17-15(25)3-2-8-28-17/h2-9,11H,10H2,1H3,(H2,27,30). The fraction of sp³-hybridized carbons (Fsp3) is 0.0870. The Morgan fingerprint density at radius 1 is 1.03 bits per heavy atom. The van der Waals surface area contributed by atoms with Crippen molar-refractivity contribution in [2.75, 3.05) is 5.73 Å². The summed E-state index contributed by atoms with van der Waals surface area (Å²) in [6.45, 7) is 0. The van der Waals surface area contributed by atoms with E-state index >= 15 is 0 Å². The molecule has 1 aromatic carbocycles. The Bertz CT molecular complexity index is 1630. The van der Waals surface area contributed by atoms with E-state index in [1.807, 2.05) is 0 Å². The molecule has 0 unspecified atom stereocenters. The number of rotatable bonds is 4. The van der Waals surface area contributed by atoms with Gasteiger partial charge in [0.15, 0.2) is 11.5 Å². The average molecular weight is 463 g/mol. The predicted octanol–water partition coefficient (Wildman–Crippen LogP) is 3.14. The number of hydrogen-bond acceptors (Lipinski definition) is 6. The molecule has 2 N–H and O–H groups in total. The molecule has 4 heterocycles. The van der Waals surface area contributed by atoms with Gasteiger partial charge in [-0.2, -0.15) is 4.52 Å². The van der Waals surface area contributed by atoms with Crippen LogP contribution < -0.4 is 11.3 Å². The van der Waals surface area contributed by atoms with Crippen molar-refractivity contribution in [3.05, 3.63) is 94.2 Å². The smallest absolute Gasteiger partial charge is 0.250 e. The van der Waals surface area contributed by atoms with Gasteiger partial charge >= 0.3 is 0 Å². The summed E-state index contributed by atoms with van der Waals surface area (Å²) in [5.74, 6) is -2.02. The van der Waals surface area contributed by atoms with Crippen LogP contribution in [0.1, 0.15) is 11.5 Å². The van der Waals surface area contributed by atoms with E-state index < -0.39 is 17.5 Å². The van der Waals surface area contributed by atoms with Crippen LogP contribution in [0.25, 0.3) is 28.0 Å². The highest BCUT2D eigenvalue weighted by Crippen LogP contribution is 2.35. The normalized spacial score (nSPS) is 11.3. The summed E-state index contributed by atoms with van der Waals surface area (Å²) in [7, 11) is 1.56. The molecule has 5 aromatic rings. The van der Waals surface area contributed by atoms with Gasteiger partial charge in [0.05, 0.1) is 23.4 Å². The first-order valence-electron chi connectivity index (χ1n) is 10.1. The molecule has 5 rings (SSSR count). The maximum absolute atomic E-state index is 14.8. The van der Waals surface area contributed by atoms with Crippen LogP contribution in [0.15, 0.2) is 59.7 Å². The van der Waals surface area contributed by atoms with E-state index in [2.05, 4.69) is 20.1 Å². The lowest BCUT2D eigenvalue weighted by Gasteiger charge is -2.13. The molecular formula is C23H16F3N7O. The summed E-state index contributed by atoms with van der Waals surface area (Å²) in [5, 5.41) is 4.34. The first-order chi connectivity index (χ1) is 16.3. The second kappa shape index (κ2) is 8.10. The summed E-state index contributed by atoms with van der Waals surface area (Å²) in [6.07, 6.45) is 2.96. The van der Waals surface area contributed by atoms with E-state index in [4.69, 9.17) is 5.73 Å². The van der Waals surface area contributed by atoms with Gasteiger partial charge in [-0.15, -0.1) is 5.10 Å². The van der Waals surface area contributed by atoms with Gasteiger partial charge in [-0.1, -0.05) is 0 Å². The van der Waals surface area contributed by atoms with Crippen molar-refractivity contribution in [1.82, 2.24) is 29.1 Å². The first kappa shape index (κ1) is 21.3. The van der Waals surface area contributed by atoms with Gasteiger partial charge in [0, 0.05) is 42.7 Å². The predicted molar refractivity (Wildman–Crippen MR) is 118 cm³/mol. The van der Waals surface area contributed by atoms with Gasteiger partial charge < -0.3 is 10.3 Å². The van der Waals surface area contributed by atoms with Crippen molar-refractivity contribution in [2.24, 2.45) is 7.05 Å². The van der Waals surface area contributed by atoms with Gasteiger partial charge in [-0.05, 0) is 30.3 Å². The van der Waals surface area contributed by atoms with Crippen LogP contribution in [0.3, 0.4) is 0 Å². The largest absolute Gasteiger partial charge is 0.368 e. The van der Waals surface area contributed by atoms with Crippen LogP contribution in [-0.4, -0.2) is 29.1 Å². The number of pyridine rings is 2. The molecule has 0 amide bonds. The molecule has 0 aliphatic carbocycles. The Morgan fingerprint density at radius 3 is 2.59 bits per heavy atom. The second-order valence-corrected chi connectivity index (χ2v) is 7.56. The molecule has 0 aliphatic heterocycles. The number of aryl methyl sites for hydroxylation is 1. The molecule has 170 valence electrons. The average Bonchev–Trinajstić information content (AvgIpc) is 3.21. The highest BCUT2D eigenvalue weighted by Gasteiger charge is 2.23. The maximum atomic E-state index is 14.8. The van der Waals surface area contributed by atoms with Gasteiger partial charge in [-0.25, -0.2) is 23.1 Å². The highest BCUT2D eigenvalue weighted by molar-refractivity contribution is 5.90. The first-order valence-corrected chi connectivity index (χ1v) is 10.1. The van der Waals surface area contributed by atoms with E-state index in [1.165, 1.54) is 51.8 Å². The molecular weight excluding hydrogens is 447 g/mol. The van der Waals surface area contributed by atoms with Crippen LogP contribution in [-0.2, 0) is 13.5 Å². The van der Waals surface area contributed by atoms with Gasteiger partial charge in [0.25, 0.3) is 0 Å². The number of nitrogen functional groups attached to an aromatic ring is 1. The monoisotopic (exact) mass is 463 g/mol. The van der Waals surface area contributed by atoms with Crippen molar-refractivity contribution in [1.29, 1.82) is 0 Å². The number of benzene rings is 1. The van der Waals surface area contributed by atoms with Crippen LogP contribution in [0.2, 0.25) is 0 Å². The maximum Gasteiger partial charge on any atom is 0.250 e. The van der Waals surface area contributed by atoms with Crippen molar-refractivity contribution in [3.8, 4) is 22.4 Å². The zero-order valence-corrected chi connectivity index (χ0v) is 17.7. The van der Waals surface area contributed by atoms with Gasteiger partial charge in [0.2, 0.25) is 11.5 Å². The second-order valence-electron chi connectivity index (χ2n) is 7.56. The Kier molecular flexibility index (Phi) is 5.08. The number of nitrogens with zero attached hydrogens (tertiary/aromatic N) is 6. The van der Waals surface area contributed by atoms with E-state index in [-0.39, 0.29) is 46.4 Å². The number of anilines is 1. The van der Waals surface area contributed by atoms with E-state index in [0.29, 0.717) is 11.1 Å². The Morgan fingerprint density at radius 2 is 1.85 bits per heavy atom. The molecule has 0 fully saturated rings. The topological polar surface area (TPSA) is 104 Å². The Hall–Kier alpha value is -4.54. The molecule has 34 heavy (non-hydrogen) atoms. The summed E-state index contributed by atoms with van der Waals surface area (Å²) in [6, 6.07) is 8.71. The van der Waals surface area contributed by atoms with Crippen molar-refractivity contribution >= 4 is 11.6 Å². The van der Waals surface area contributed by atoms with Crippen LogP contribution in [0, 0.1) is 17.5 Å². The molecule has 0 aliphatic rings. The van der Waals surface area contributed by atoms with E-state index in [0.717, 1.165) is 12.1 Å². The molecule has 0 spiro atoms. The Labute approximate surface area is 190 Å². The third kappa shape index (κ3) is 3.66. The zero-order valence-electron chi connectivity index (χ0n) is 17.7. The minimum atomic E-state index is -0.849. The highest BCUT2D eigenvalue weighted by atomic mass is 19.1. The fourth-order valence-corrected chi connectivity index (χ4v) is 3.66. The molecule has 11 heteroatoms. The summed E-state index contributed by atoms with van der Waals surface area (Å²) in [4.78, 5) is 24.8. The molecule has 0 atom stereocenters. The van der Waals surface area contributed by atoms with Gasteiger partial charge in [-0.3, -0.25) is 9.78 Å². The number of fused-ring (bicyclic) bond motifs is 1. The summed E-state index contributed by atoms with van der Waals surface area (Å²) in [5.41, 5.74) is 7.07. The van der Waals surface area contributed by atoms with Crippen molar-refractivity contribution in [3.63, 3.8) is 0 Å². The summed E-state index contributed by atoms with van der Waals surface area (Å²) >= 11 is 0. The number of aromatic nitrogens is 6. The molecule has 0 saturated carbocycles. The lowest BCUT2D eigenvalue weighted by atomic mass is 10.0. The lowest BCUT2D eigenvalue weighted by Crippen LogP contribution is -2.14. The minimum absolute atomic E-state index is 0.0141.